The Morgan fingerprint density at radius 1 is 1.41 bits per heavy atom. The van der Waals surface area contributed by atoms with Gasteiger partial charge in [-0.3, -0.25) is 4.79 Å². The summed E-state index contributed by atoms with van der Waals surface area (Å²) in [5.41, 5.74) is 0. The summed E-state index contributed by atoms with van der Waals surface area (Å²) in [5.74, 6) is 0.0871. The van der Waals surface area contributed by atoms with Crippen molar-refractivity contribution in [2.75, 3.05) is 13.1 Å². The second kappa shape index (κ2) is 4.23. The molecule has 7 heteroatoms. The highest BCUT2D eigenvalue weighted by atomic mass is 79.9. The van der Waals surface area contributed by atoms with Crippen molar-refractivity contribution in [3.63, 3.8) is 0 Å². The molecule has 1 amide bonds. The number of hydrogen-bond acceptors (Lipinski definition) is 4. The SMILES string of the molecule is O=C(c1cc(Br)cs1)N1CC(n2nccn2)C1. The van der Waals surface area contributed by atoms with Gasteiger partial charge >= 0.3 is 0 Å². The predicted octanol–water partition coefficient (Wildman–Crippen LogP) is 1.80. The van der Waals surface area contributed by atoms with Crippen LogP contribution in [0.15, 0.2) is 28.3 Å². The largest absolute Gasteiger partial charge is 0.333 e. The van der Waals surface area contributed by atoms with Gasteiger partial charge in [-0.1, -0.05) is 0 Å². The minimum atomic E-state index is 0.0871. The zero-order valence-corrected chi connectivity index (χ0v) is 11.2. The second-order valence-corrected chi connectivity index (χ2v) is 5.67. The number of amides is 1. The zero-order valence-electron chi connectivity index (χ0n) is 8.78. The van der Waals surface area contributed by atoms with Crippen LogP contribution in [0.4, 0.5) is 0 Å². The van der Waals surface area contributed by atoms with E-state index >= 15 is 0 Å². The van der Waals surface area contributed by atoms with Crippen LogP contribution in [-0.4, -0.2) is 38.9 Å². The lowest BCUT2D eigenvalue weighted by molar-refractivity contribution is 0.0481. The van der Waals surface area contributed by atoms with Crippen LogP contribution in [0.2, 0.25) is 0 Å². The van der Waals surface area contributed by atoms with Crippen LogP contribution in [0.25, 0.3) is 0 Å². The van der Waals surface area contributed by atoms with Crippen LogP contribution in [0.5, 0.6) is 0 Å². The highest BCUT2D eigenvalue weighted by Crippen LogP contribution is 2.26. The molecule has 5 nitrogen and oxygen atoms in total. The van der Waals surface area contributed by atoms with Crippen LogP contribution < -0.4 is 0 Å². The molecule has 3 rings (SSSR count). The third-order valence-corrected chi connectivity index (χ3v) is 4.37. The van der Waals surface area contributed by atoms with E-state index in [9.17, 15) is 4.79 Å². The molecule has 0 spiro atoms. The lowest BCUT2D eigenvalue weighted by Crippen LogP contribution is -2.51. The van der Waals surface area contributed by atoms with E-state index in [4.69, 9.17) is 0 Å². The lowest BCUT2D eigenvalue weighted by Gasteiger charge is -2.37. The van der Waals surface area contributed by atoms with Gasteiger partial charge in [-0.05, 0) is 22.0 Å². The monoisotopic (exact) mass is 312 g/mol. The molecule has 0 unspecified atom stereocenters. The number of rotatable bonds is 2. The van der Waals surface area contributed by atoms with E-state index in [1.807, 2.05) is 16.3 Å². The molecule has 0 bridgehead atoms. The highest BCUT2D eigenvalue weighted by molar-refractivity contribution is 9.10. The highest BCUT2D eigenvalue weighted by Gasteiger charge is 2.33. The van der Waals surface area contributed by atoms with E-state index in [0.717, 1.165) is 9.35 Å². The van der Waals surface area contributed by atoms with Crippen LogP contribution >= 0.6 is 27.3 Å². The van der Waals surface area contributed by atoms with E-state index in [1.165, 1.54) is 11.3 Å². The Hall–Kier alpha value is -1.21. The Morgan fingerprint density at radius 2 is 2.12 bits per heavy atom. The van der Waals surface area contributed by atoms with Crippen molar-refractivity contribution in [1.82, 2.24) is 19.9 Å². The van der Waals surface area contributed by atoms with Crippen LogP contribution in [0.1, 0.15) is 15.7 Å². The number of likely N-dealkylation sites (tertiary alicyclic amines) is 1. The molecule has 0 aliphatic carbocycles. The molecule has 0 aromatic carbocycles. The zero-order chi connectivity index (χ0) is 11.8. The summed E-state index contributed by atoms with van der Waals surface area (Å²) in [6.07, 6.45) is 3.31. The maximum atomic E-state index is 12.0. The maximum Gasteiger partial charge on any atom is 0.264 e. The molecule has 0 atom stereocenters. The normalized spacial score (nSPS) is 15.9. The van der Waals surface area contributed by atoms with Crippen LogP contribution in [0, 0.1) is 0 Å². The molecule has 2 aromatic heterocycles. The fourth-order valence-electron chi connectivity index (χ4n) is 1.76. The van der Waals surface area contributed by atoms with Crippen LogP contribution in [0.3, 0.4) is 0 Å². The van der Waals surface area contributed by atoms with Gasteiger partial charge in [-0.15, -0.1) is 11.3 Å². The number of nitrogens with zero attached hydrogens (tertiary/aromatic N) is 4. The summed E-state index contributed by atoms with van der Waals surface area (Å²) in [6, 6.07) is 2.07. The van der Waals surface area contributed by atoms with Crippen molar-refractivity contribution in [3.8, 4) is 0 Å². The number of halogens is 1. The van der Waals surface area contributed by atoms with Gasteiger partial charge in [-0.25, -0.2) is 0 Å². The van der Waals surface area contributed by atoms with Gasteiger partial charge in [0.1, 0.15) is 6.04 Å². The first kappa shape index (κ1) is 10.9. The van der Waals surface area contributed by atoms with E-state index in [-0.39, 0.29) is 11.9 Å². The molecular weight excluding hydrogens is 304 g/mol. The fraction of sp³-hybridized carbons (Fsp3) is 0.300. The molecule has 0 saturated carbocycles. The maximum absolute atomic E-state index is 12.0. The van der Waals surface area contributed by atoms with Gasteiger partial charge < -0.3 is 4.90 Å². The third-order valence-electron chi connectivity index (χ3n) is 2.69. The van der Waals surface area contributed by atoms with E-state index < -0.39 is 0 Å². The van der Waals surface area contributed by atoms with Gasteiger partial charge in [0.25, 0.3) is 5.91 Å². The minimum Gasteiger partial charge on any atom is -0.333 e. The molecule has 1 aliphatic rings. The van der Waals surface area contributed by atoms with Gasteiger partial charge in [0.2, 0.25) is 0 Å². The van der Waals surface area contributed by atoms with Crippen molar-refractivity contribution >= 4 is 33.2 Å². The second-order valence-electron chi connectivity index (χ2n) is 3.84. The molecule has 0 radical (unpaired) electrons. The van der Waals surface area contributed by atoms with E-state index in [0.29, 0.717) is 13.1 Å². The molecule has 88 valence electrons. The molecule has 1 saturated heterocycles. The molecule has 1 aliphatic heterocycles. The molecule has 2 aromatic rings. The molecule has 3 heterocycles. The van der Waals surface area contributed by atoms with E-state index in [2.05, 4.69) is 26.1 Å². The molecule has 0 N–H and O–H groups in total. The summed E-state index contributed by atoms with van der Waals surface area (Å²) in [5, 5.41) is 10.1. The summed E-state index contributed by atoms with van der Waals surface area (Å²) in [4.78, 5) is 16.3. The first-order chi connectivity index (χ1) is 8.24. The quantitative estimate of drug-likeness (QED) is 0.849. The first-order valence-corrected chi connectivity index (χ1v) is 6.80. The summed E-state index contributed by atoms with van der Waals surface area (Å²) in [7, 11) is 0. The number of carbonyl (C=O) groups is 1. The number of hydrogen-bond donors (Lipinski definition) is 0. The third kappa shape index (κ3) is 2.00. The smallest absolute Gasteiger partial charge is 0.264 e. The number of thiophene rings is 1. The summed E-state index contributed by atoms with van der Waals surface area (Å²) in [6.45, 7) is 1.37. The van der Waals surface area contributed by atoms with Crippen molar-refractivity contribution in [1.29, 1.82) is 0 Å². The first-order valence-electron chi connectivity index (χ1n) is 5.13. The Labute approximate surface area is 110 Å². The molecule has 17 heavy (non-hydrogen) atoms. The predicted molar refractivity (Wildman–Crippen MR) is 67.0 cm³/mol. The topological polar surface area (TPSA) is 51.0 Å². The number of carbonyl (C=O) groups excluding carboxylic acids is 1. The van der Waals surface area contributed by atoms with Gasteiger partial charge in [0, 0.05) is 22.9 Å². The average Bonchev–Trinajstić information content (AvgIpc) is 2.86. The lowest BCUT2D eigenvalue weighted by atomic mass is 10.1. The fourth-order valence-corrected chi connectivity index (χ4v) is 3.16. The Balaban J connectivity index is 1.64. The van der Waals surface area contributed by atoms with Crippen molar-refractivity contribution in [2.45, 2.75) is 6.04 Å². The Morgan fingerprint density at radius 3 is 2.71 bits per heavy atom. The van der Waals surface area contributed by atoms with Gasteiger partial charge in [0.15, 0.2) is 0 Å². The van der Waals surface area contributed by atoms with Crippen molar-refractivity contribution in [3.05, 3.63) is 33.2 Å². The summed E-state index contributed by atoms with van der Waals surface area (Å²) >= 11 is 4.81. The van der Waals surface area contributed by atoms with Crippen molar-refractivity contribution < 1.29 is 4.79 Å². The number of aromatic nitrogens is 3. The standard InChI is InChI=1S/C10H9BrN4OS/c11-7-3-9(17-6-7)10(16)14-4-8(5-14)15-12-1-2-13-15/h1-3,6,8H,4-5H2. The van der Waals surface area contributed by atoms with Gasteiger partial charge in [-0.2, -0.15) is 15.0 Å². The van der Waals surface area contributed by atoms with E-state index in [1.54, 1.807) is 17.2 Å². The minimum absolute atomic E-state index is 0.0871. The average molecular weight is 313 g/mol. The van der Waals surface area contributed by atoms with Gasteiger partial charge in [0.05, 0.1) is 17.3 Å². The molecular formula is C10H9BrN4OS. The molecule has 1 fully saturated rings. The van der Waals surface area contributed by atoms with Crippen molar-refractivity contribution in [2.24, 2.45) is 0 Å². The summed E-state index contributed by atoms with van der Waals surface area (Å²) < 4.78 is 0.955. The van der Waals surface area contributed by atoms with Crippen LogP contribution in [-0.2, 0) is 0 Å². The Kier molecular flexibility index (Phi) is 2.71. The Bertz CT molecular complexity index is 532.